The minimum absolute atomic E-state index is 0.707. The average molecular weight is 283 g/mol. The van der Waals surface area contributed by atoms with Gasteiger partial charge in [-0.05, 0) is 30.2 Å². The molecule has 0 spiro atoms. The number of benzene rings is 1. The van der Waals surface area contributed by atoms with Gasteiger partial charge in [-0.3, -0.25) is 4.99 Å². The van der Waals surface area contributed by atoms with Crippen molar-refractivity contribution >= 4 is 5.96 Å². The molecule has 0 unspecified atom stereocenters. The van der Waals surface area contributed by atoms with Crippen LogP contribution in [0.5, 0.6) is 0 Å². The summed E-state index contributed by atoms with van der Waals surface area (Å²) in [5, 5.41) is 10.6. The molecule has 0 bridgehead atoms. The zero-order valence-electron chi connectivity index (χ0n) is 12.3. The number of nitrogens with one attached hydrogen (secondary N) is 2. The number of nitrogens with zero attached hydrogens (tertiary/aromatic N) is 3. The van der Waals surface area contributed by atoms with Crippen LogP contribution in [-0.2, 0) is 6.42 Å². The van der Waals surface area contributed by atoms with Crippen molar-refractivity contribution in [2.45, 2.75) is 6.42 Å². The highest BCUT2D eigenvalue weighted by atomic mass is 15.3. The number of guanidine groups is 1. The molecule has 2 N–H and O–H groups in total. The molecule has 1 aromatic heterocycles. The number of aliphatic imine (C=N–C) groups is 1. The van der Waals surface area contributed by atoms with Crippen molar-refractivity contribution in [1.82, 2.24) is 20.4 Å². The van der Waals surface area contributed by atoms with Crippen molar-refractivity contribution in [2.24, 2.45) is 4.99 Å². The summed E-state index contributed by atoms with van der Waals surface area (Å²) in [7, 11) is 1.76. The molecule has 2 aromatic rings. The van der Waals surface area contributed by atoms with Crippen molar-refractivity contribution in [3.8, 4) is 5.69 Å². The van der Waals surface area contributed by atoms with Crippen molar-refractivity contribution in [1.29, 1.82) is 0 Å². The Hall–Kier alpha value is -2.56. The van der Waals surface area contributed by atoms with Crippen LogP contribution in [0.2, 0.25) is 0 Å². The van der Waals surface area contributed by atoms with Crippen LogP contribution >= 0.6 is 0 Å². The van der Waals surface area contributed by atoms with Gasteiger partial charge in [-0.25, -0.2) is 4.68 Å². The van der Waals surface area contributed by atoms with Crippen LogP contribution in [0, 0.1) is 0 Å². The third-order valence-corrected chi connectivity index (χ3v) is 3.05. The number of rotatable bonds is 6. The first-order valence-electron chi connectivity index (χ1n) is 6.98. The van der Waals surface area contributed by atoms with E-state index in [9.17, 15) is 0 Å². The monoisotopic (exact) mass is 283 g/mol. The van der Waals surface area contributed by atoms with Gasteiger partial charge in [0, 0.05) is 32.5 Å². The van der Waals surface area contributed by atoms with E-state index in [4.69, 9.17) is 0 Å². The van der Waals surface area contributed by atoms with Crippen molar-refractivity contribution in [2.75, 3.05) is 20.1 Å². The topological polar surface area (TPSA) is 54.2 Å². The van der Waals surface area contributed by atoms with Gasteiger partial charge in [0.1, 0.15) is 0 Å². The molecule has 5 heteroatoms. The fourth-order valence-electron chi connectivity index (χ4n) is 1.95. The molecule has 0 fully saturated rings. The largest absolute Gasteiger partial charge is 0.356 e. The standard InChI is InChI=1S/C16H21N5/c1-3-10-18-16(17-2)19-12-9-14-5-7-15(8-6-14)21-13-4-11-20-21/h3-8,11,13H,1,9-10,12H2,2H3,(H2,17,18,19). The molecule has 1 aromatic carbocycles. The fraction of sp³-hybridized carbons (Fsp3) is 0.250. The van der Waals surface area contributed by atoms with Gasteiger partial charge < -0.3 is 10.6 Å². The lowest BCUT2D eigenvalue weighted by molar-refractivity contribution is 0.820. The van der Waals surface area contributed by atoms with Gasteiger partial charge in [0.05, 0.1) is 5.69 Å². The highest BCUT2D eigenvalue weighted by Gasteiger charge is 1.99. The first-order valence-corrected chi connectivity index (χ1v) is 6.98. The molecule has 0 saturated carbocycles. The van der Waals surface area contributed by atoms with Crippen LogP contribution in [0.4, 0.5) is 0 Å². The van der Waals surface area contributed by atoms with Crippen molar-refractivity contribution < 1.29 is 0 Å². The lowest BCUT2D eigenvalue weighted by Crippen LogP contribution is -2.38. The fourth-order valence-corrected chi connectivity index (χ4v) is 1.95. The smallest absolute Gasteiger partial charge is 0.191 e. The van der Waals surface area contributed by atoms with Crippen molar-refractivity contribution in [3.05, 3.63) is 60.9 Å². The lowest BCUT2D eigenvalue weighted by atomic mass is 10.1. The molecule has 0 saturated heterocycles. The Kier molecular flexibility index (Phi) is 5.58. The van der Waals surface area contributed by atoms with Crippen LogP contribution in [0.1, 0.15) is 5.56 Å². The summed E-state index contributed by atoms with van der Waals surface area (Å²) in [6, 6.07) is 10.3. The lowest BCUT2D eigenvalue weighted by Gasteiger charge is -2.10. The van der Waals surface area contributed by atoms with Crippen LogP contribution in [0.15, 0.2) is 60.4 Å². The second-order valence-corrected chi connectivity index (χ2v) is 4.54. The van der Waals surface area contributed by atoms with E-state index in [0.29, 0.717) is 6.54 Å². The van der Waals surface area contributed by atoms with E-state index in [-0.39, 0.29) is 0 Å². The maximum Gasteiger partial charge on any atom is 0.191 e. The molecule has 2 rings (SSSR count). The predicted molar refractivity (Wildman–Crippen MR) is 86.8 cm³/mol. The van der Waals surface area contributed by atoms with E-state index in [1.54, 1.807) is 19.3 Å². The zero-order chi connectivity index (χ0) is 14.9. The minimum atomic E-state index is 0.707. The second-order valence-electron chi connectivity index (χ2n) is 4.54. The molecule has 0 aliphatic carbocycles. The van der Waals surface area contributed by atoms with E-state index in [1.165, 1.54) is 5.56 Å². The third-order valence-electron chi connectivity index (χ3n) is 3.05. The van der Waals surface area contributed by atoms with E-state index < -0.39 is 0 Å². The van der Waals surface area contributed by atoms with Gasteiger partial charge in [-0.1, -0.05) is 18.2 Å². The quantitative estimate of drug-likeness (QED) is 0.482. The van der Waals surface area contributed by atoms with Gasteiger partial charge in [0.2, 0.25) is 0 Å². The maximum atomic E-state index is 4.21. The summed E-state index contributed by atoms with van der Waals surface area (Å²) < 4.78 is 1.85. The summed E-state index contributed by atoms with van der Waals surface area (Å²) >= 11 is 0. The number of hydrogen-bond donors (Lipinski definition) is 2. The SMILES string of the molecule is C=CCNC(=NC)NCCc1ccc(-n2cccn2)cc1. The highest BCUT2D eigenvalue weighted by molar-refractivity contribution is 5.79. The molecule has 0 atom stereocenters. The molecular formula is C16H21N5. The van der Waals surface area contributed by atoms with Gasteiger partial charge in [0.15, 0.2) is 5.96 Å². The average Bonchev–Trinajstić information content (AvgIpc) is 3.05. The highest BCUT2D eigenvalue weighted by Crippen LogP contribution is 2.08. The Morgan fingerprint density at radius 1 is 1.33 bits per heavy atom. The summed E-state index contributed by atoms with van der Waals surface area (Å²) in [5.74, 6) is 0.795. The van der Waals surface area contributed by atoms with E-state index in [1.807, 2.05) is 16.9 Å². The van der Waals surface area contributed by atoms with Gasteiger partial charge in [-0.2, -0.15) is 5.10 Å². The molecule has 0 radical (unpaired) electrons. The van der Waals surface area contributed by atoms with Crippen LogP contribution in [-0.4, -0.2) is 35.9 Å². The van der Waals surface area contributed by atoms with E-state index in [0.717, 1.165) is 24.6 Å². The second kappa shape index (κ2) is 7.89. The molecular weight excluding hydrogens is 262 g/mol. The molecule has 5 nitrogen and oxygen atoms in total. The normalized spacial score (nSPS) is 11.2. The molecule has 0 aliphatic rings. The van der Waals surface area contributed by atoms with E-state index >= 15 is 0 Å². The van der Waals surface area contributed by atoms with E-state index in [2.05, 4.69) is 51.6 Å². The summed E-state index contributed by atoms with van der Waals surface area (Å²) in [6.45, 7) is 5.21. The zero-order valence-corrected chi connectivity index (χ0v) is 12.3. The van der Waals surface area contributed by atoms with Crippen LogP contribution in [0.25, 0.3) is 5.69 Å². The first kappa shape index (κ1) is 14.8. The Balaban J connectivity index is 1.82. The van der Waals surface area contributed by atoms with Gasteiger partial charge >= 0.3 is 0 Å². The third kappa shape index (κ3) is 4.49. The Morgan fingerprint density at radius 2 is 2.14 bits per heavy atom. The van der Waals surface area contributed by atoms with Crippen LogP contribution < -0.4 is 10.6 Å². The van der Waals surface area contributed by atoms with Gasteiger partial charge in [0.25, 0.3) is 0 Å². The summed E-state index contributed by atoms with van der Waals surface area (Å²) in [5.41, 5.74) is 2.35. The predicted octanol–water partition coefficient (Wildman–Crippen LogP) is 1.77. The van der Waals surface area contributed by atoms with Gasteiger partial charge in [-0.15, -0.1) is 6.58 Å². The first-order chi connectivity index (χ1) is 10.3. The van der Waals surface area contributed by atoms with Crippen molar-refractivity contribution in [3.63, 3.8) is 0 Å². The Morgan fingerprint density at radius 3 is 2.76 bits per heavy atom. The Bertz CT molecular complexity index is 569. The molecule has 0 amide bonds. The number of aromatic nitrogens is 2. The van der Waals surface area contributed by atoms with Crippen LogP contribution in [0.3, 0.4) is 0 Å². The maximum absolute atomic E-state index is 4.21. The molecule has 0 aliphatic heterocycles. The Labute approximate surface area is 125 Å². The summed E-state index contributed by atoms with van der Waals surface area (Å²) in [6.07, 6.45) is 6.46. The molecule has 110 valence electrons. The minimum Gasteiger partial charge on any atom is -0.356 e. The molecule has 1 heterocycles. The molecule has 21 heavy (non-hydrogen) atoms. The number of hydrogen-bond acceptors (Lipinski definition) is 2. The summed E-state index contributed by atoms with van der Waals surface area (Å²) in [4.78, 5) is 4.14.